The van der Waals surface area contributed by atoms with E-state index in [0.29, 0.717) is 17.5 Å². The molecule has 1 saturated heterocycles. The highest BCUT2D eigenvalue weighted by Gasteiger charge is 2.25. The lowest BCUT2D eigenvalue weighted by Crippen LogP contribution is -2.38. The number of rotatable bonds is 5. The van der Waals surface area contributed by atoms with E-state index < -0.39 is 0 Å². The number of amides is 2. The third-order valence-corrected chi connectivity index (χ3v) is 5.32. The molecule has 1 aromatic heterocycles. The molecule has 2 heterocycles. The first kappa shape index (κ1) is 16.9. The van der Waals surface area contributed by atoms with E-state index in [-0.39, 0.29) is 11.8 Å². The summed E-state index contributed by atoms with van der Waals surface area (Å²) in [6, 6.07) is 10.1. The molecule has 1 saturated carbocycles. The molecule has 136 valence electrons. The fourth-order valence-electron chi connectivity index (χ4n) is 3.53. The summed E-state index contributed by atoms with van der Waals surface area (Å²) in [6.45, 7) is 1.58. The third-order valence-electron chi connectivity index (χ3n) is 5.32. The van der Waals surface area contributed by atoms with Gasteiger partial charge < -0.3 is 14.6 Å². The summed E-state index contributed by atoms with van der Waals surface area (Å²) in [5.74, 6) is 0.669. The van der Waals surface area contributed by atoms with Crippen molar-refractivity contribution >= 4 is 11.8 Å². The van der Waals surface area contributed by atoms with E-state index in [1.165, 1.54) is 18.1 Å². The maximum atomic E-state index is 12.3. The highest BCUT2D eigenvalue weighted by Crippen LogP contribution is 2.24. The van der Waals surface area contributed by atoms with Gasteiger partial charge in [-0.05, 0) is 61.8 Å². The van der Waals surface area contributed by atoms with E-state index in [4.69, 9.17) is 4.42 Å². The van der Waals surface area contributed by atoms with Crippen molar-refractivity contribution < 1.29 is 14.0 Å². The Balaban J connectivity index is 1.27. The predicted molar refractivity (Wildman–Crippen MR) is 98.0 cm³/mol. The fourth-order valence-corrected chi connectivity index (χ4v) is 3.53. The van der Waals surface area contributed by atoms with Crippen molar-refractivity contribution in [3.8, 4) is 0 Å². The number of likely N-dealkylation sites (tertiary alicyclic amines) is 1. The lowest BCUT2D eigenvalue weighted by molar-refractivity contribution is 0.0689. The Morgan fingerprint density at radius 1 is 1.00 bits per heavy atom. The van der Waals surface area contributed by atoms with Gasteiger partial charge in [-0.1, -0.05) is 12.1 Å². The Morgan fingerprint density at radius 2 is 1.73 bits per heavy atom. The Hall–Kier alpha value is -2.56. The van der Waals surface area contributed by atoms with Gasteiger partial charge >= 0.3 is 0 Å². The molecule has 1 aromatic carbocycles. The summed E-state index contributed by atoms with van der Waals surface area (Å²) in [6.07, 6.45) is 8.26. The molecule has 2 aromatic rings. The predicted octanol–water partition coefficient (Wildman–Crippen LogP) is 3.27. The molecular weight excluding hydrogens is 328 g/mol. The number of benzene rings is 1. The Bertz CT molecular complexity index is 755. The zero-order valence-electron chi connectivity index (χ0n) is 14.8. The number of carbonyl (C=O) groups excluding carboxylic acids is 2. The van der Waals surface area contributed by atoms with Crippen LogP contribution in [-0.4, -0.2) is 35.8 Å². The van der Waals surface area contributed by atoms with Crippen LogP contribution in [-0.2, 0) is 6.42 Å². The first-order valence-corrected chi connectivity index (χ1v) is 9.40. The second-order valence-electron chi connectivity index (χ2n) is 7.40. The molecule has 2 fully saturated rings. The highest BCUT2D eigenvalue weighted by molar-refractivity contribution is 5.94. The molecule has 2 aliphatic rings. The third kappa shape index (κ3) is 3.98. The first-order chi connectivity index (χ1) is 12.7. The summed E-state index contributed by atoms with van der Waals surface area (Å²) in [5, 5.41) is 3.01. The van der Waals surface area contributed by atoms with Crippen molar-refractivity contribution in [3.05, 3.63) is 59.5 Å². The molecule has 1 aliphatic carbocycles. The van der Waals surface area contributed by atoms with Gasteiger partial charge in [0.2, 0.25) is 0 Å². The molecular formula is C21H24N2O3. The monoisotopic (exact) mass is 352 g/mol. The van der Waals surface area contributed by atoms with E-state index in [0.717, 1.165) is 50.8 Å². The van der Waals surface area contributed by atoms with Gasteiger partial charge in [-0.2, -0.15) is 0 Å². The van der Waals surface area contributed by atoms with Gasteiger partial charge in [0.1, 0.15) is 6.26 Å². The number of furan rings is 1. The minimum Gasteiger partial charge on any atom is -0.472 e. The van der Waals surface area contributed by atoms with Crippen molar-refractivity contribution in [1.82, 2.24) is 10.2 Å². The first-order valence-electron chi connectivity index (χ1n) is 9.40. The minimum atomic E-state index is 0.0325. The molecule has 5 heteroatoms. The summed E-state index contributed by atoms with van der Waals surface area (Å²) in [7, 11) is 0. The Labute approximate surface area is 153 Å². The average molecular weight is 352 g/mol. The van der Waals surface area contributed by atoms with Crippen LogP contribution in [0.2, 0.25) is 0 Å². The SMILES string of the molecule is O=C(NC1CC1)c1ccc(CC2CCN(C(=O)c3ccoc3)CC2)cc1. The van der Waals surface area contributed by atoms with Crippen molar-refractivity contribution in [1.29, 1.82) is 0 Å². The average Bonchev–Trinajstić information content (AvgIpc) is 3.31. The van der Waals surface area contributed by atoms with Crippen LogP contribution in [0.4, 0.5) is 0 Å². The van der Waals surface area contributed by atoms with Crippen LogP contribution in [0.15, 0.2) is 47.3 Å². The van der Waals surface area contributed by atoms with Crippen molar-refractivity contribution in [3.63, 3.8) is 0 Å². The van der Waals surface area contributed by atoms with Gasteiger partial charge in [0.15, 0.2) is 0 Å². The highest BCUT2D eigenvalue weighted by atomic mass is 16.3. The molecule has 0 spiro atoms. The summed E-state index contributed by atoms with van der Waals surface area (Å²) < 4.78 is 5.00. The van der Waals surface area contributed by atoms with Gasteiger partial charge in [-0.15, -0.1) is 0 Å². The lowest BCUT2D eigenvalue weighted by Gasteiger charge is -2.31. The van der Waals surface area contributed by atoms with Gasteiger partial charge in [-0.25, -0.2) is 0 Å². The molecule has 0 radical (unpaired) electrons. The Kier molecular flexibility index (Phi) is 4.78. The van der Waals surface area contributed by atoms with Crippen LogP contribution < -0.4 is 5.32 Å². The topological polar surface area (TPSA) is 62.6 Å². The number of carbonyl (C=O) groups is 2. The van der Waals surface area contributed by atoms with E-state index in [9.17, 15) is 9.59 Å². The summed E-state index contributed by atoms with van der Waals surface area (Å²) in [4.78, 5) is 26.3. The normalized spacial score (nSPS) is 17.9. The standard InChI is InChI=1S/C21H24N2O3/c24-20(22-19-5-6-19)17-3-1-15(2-4-17)13-16-7-10-23(11-8-16)21(25)18-9-12-26-14-18/h1-4,9,12,14,16,19H,5-8,10-11,13H2,(H,22,24). The van der Waals surface area contributed by atoms with Crippen LogP contribution in [0.1, 0.15) is 52.0 Å². The number of nitrogens with zero attached hydrogens (tertiary/aromatic N) is 1. The second-order valence-corrected chi connectivity index (χ2v) is 7.40. The van der Waals surface area contributed by atoms with Crippen LogP contribution in [0.5, 0.6) is 0 Å². The zero-order chi connectivity index (χ0) is 17.9. The number of hydrogen-bond acceptors (Lipinski definition) is 3. The maximum absolute atomic E-state index is 12.3. The van der Waals surface area contributed by atoms with E-state index in [1.807, 2.05) is 17.0 Å². The molecule has 26 heavy (non-hydrogen) atoms. The summed E-state index contributed by atoms with van der Waals surface area (Å²) >= 11 is 0. The van der Waals surface area contributed by atoms with E-state index in [1.54, 1.807) is 6.07 Å². The van der Waals surface area contributed by atoms with Crippen LogP contribution in [0.25, 0.3) is 0 Å². The molecule has 2 amide bonds. The quantitative estimate of drug-likeness (QED) is 0.898. The minimum absolute atomic E-state index is 0.0325. The van der Waals surface area contributed by atoms with E-state index in [2.05, 4.69) is 17.4 Å². The zero-order valence-corrected chi connectivity index (χ0v) is 14.8. The van der Waals surface area contributed by atoms with Gasteiger partial charge in [0.25, 0.3) is 11.8 Å². The molecule has 4 rings (SSSR count). The lowest BCUT2D eigenvalue weighted by atomic mass is 9.89. The van der Waals surface area contributed by atoms with Crippen LogP contribution in [0.3, 0.4) is 0 Å². The maximum Gasteiger partial charge on any atom is 0.257 e. The van der Waals surface area contributed by atoms with Gasteiger partial charge in [0, 0.05) is 24.7 Å². The number of hydrogen-bond donors (Lipinski definition) is 1. The van der Waals surface area contributed by atoms with E-state index >= 15 is 0 Å². The molecule has 1 aliphatic heterocycles. The van der Waals surface area contributed by atoms with Crippen molar-refractivity contribution in [2.75, 3.05) is 13.1 Å². The molecule has 0 bridgehead atoms. The molecule has 0 unspecified atom stereocenters. The number of nitrogens with one attached hydrogen (secondary N) is 1. The summed E-state index contributed by atoms with van der Waals surface area (Å²) in [5.41, 5.74) is 2.62. The van der Waals surface area contributed by atoms with Crippen molar-refractivity contribution in [2.24, 2.45) is 5.92 Å². The Morgan fingerprint density at radius 3 is 2.35 bits per heavy atom. The van der Waals surface area contributed by atoms with Crippen LogP contribution >= 0.6 is 0 Å². The van der Waals surface area contributed by atoms with Gasteiger partial charge in [-0.3, -0.25) is 9.59 Å². The van der Waals surface area contributed by atoms with Gasteiger partial charge in [0.05, 0.1) is 11.8 Å². The molecule has 1 N–H and O–H groups in total. The molecule has 0 atom stereocenters. The van der Waals surface area contributed by atoms with Crippen molar-refractivity contribution in [2.45, 2.75) is 38.1 Å². The second kappa shape index (κ2) is 7.36. The number of piperidine rings is 1. The van der Waals surface area contributed by atoms with Crippen LogP contribution in [0, 0.1) is 5.92 Å². The largest absolute Gasteiger partial charge is 0.472 e. The molecule has 5 nitrogen and oxygen atoms in total. The smallest absolute Gasteiger partial charge is 0.257 e. The fraction of sp³-hybridized carbons (Fsp3) is 0.429.